The largest absolute Gasteiger partial charge is 0.435 e. The summed E-state index contributed by atoms with van der Waals surface area (Å²) in [5, 5.41) is 6.99. The van der Waals surface area contributed by atoms with E-state index in [4.69, 9.17) is 15.6 Å². The average Bonchev–Trinajstić information content (AvgIpc) is 3.05. The van der Waals surface area contributed by atoms with Crippen molar-refractivity contribution in [3.05, 3.63) is 170 Å². The van der Waals surface area contributed by atoms with Crippen LogP contribution in [0.3, 0.4) is 0 Å². The summed E-state index contributed by atoms with van der Waals surface area (Å²) in [4.78, 5) is 0. The van der Waals surface area contributed by atoms with Crippen molar-refractivity contribution in [2.75, 3.05) is 11.5 Å². The molecule has 0 aliphatic heterocycles. The predicted molar refractivity (Wildman–Crippen MR) is 178 cm³/mol. The van der Waals surface area contributed by atoms with E-state index in [-0.39, 0.29) is 0 Å². The average molecular weight is 565 g/mol. The summed E-state index contributed by atoms with van der Waals surface area (Å²) < 4.78 is 8.22. The Morgan fingerprint density at radius 3 is 0.756 bits per heavy atom. The van der Waals surface area contributed by atoms with Crippen LogP contribution < -0.4 is 42.6 Å². The molecule has 0 amide bonds. The van der Waals surface area contributed by atoms with E-state index < -0.39 is 16.6 Å². The van der Waals surface area contributed by atoms with Crippen molar-refractivity contribution in [1.29, 1.82) is 0 Å². The van der Waals surface area contributed by atoms with E-state index >= 15 is 0 Å². The van der Waals surface area contributed by atoms with Gasteiger partial charge in [0.2, 0.25) is 0 Å². The Hall–Kier alpha value is -4.69. The summed E-state index contributed by atoms with van der Waals surface area (Å²) in [6, 6.07) is 59.4. The highest BCUT2D eigenvalue weighted by molar-refractivity contribution is 7.18. The van der Waals surface area contributed by atoms with Crippen molar-refractivity contribution in [1.82, 2.24) is 0 Å². The van der Waals surface area contributed by atoms with Crippen LogP contribution in [0.1, 0.15) is 0 Å². The first-order valence-electron chi connectivity index (χ1n) is 13.8. The molecular formula is C36H32N2OSi2. The molecule has 0 aliphatic carbocycles. The maximum Gasteiger partial charge on any atom is 0.278 e. The monoisotopic (exact) mass is 564 g/mol. The summed E-state index contributed by atoms with van der Waals surface area (Å²) in [5.74, 6) is 0. The van der Waals surface area contributed by atoms with Crippen molar-refractivity contribution < 1.29 is 4.12 Å². The van der Waals surface area contributed by atoms with Crippen LogP contribution in [0.15, 0.2) is 170 Å². The van der Waals surface area contributed by atoms with Gasteiger partial charge in [-0.1, -0.05) is 146 Å². The lowest BCUT2D eigenvalue weighted by molar-refractivity contribution is 0.600. The van der Waals surface area contributed by atoms with E-state index in [1.165, 1.54) is 20.7 Å². The van der Waals surface area contributed by atoms with E-state index in [1.54, 1.807) is 0 Å². The zero-order chi connectivity index (χ0) is 28.1. The quantitative estimate of drug-likeness (QED) is 0.169. The Balaban J connectivity index is 1.76. The van der Waals surface area contributed by atoms with Gasteiger partial charge in [0.1, 0.15) is 0 Å². The number of rotatable bonds is 8. The van der Waals surface area contributed by atoms with Gasteiger partial charge in [0.25, 0.3) is 16.6 Å². The molecule has 0 saturated heterocycles. The molecule has 3 nitrogen and oxygen atoms in total. The first-order valence-corrected chi connectivity index (χ1v) is 17.6. The standard InChI is InChI=1S/C36H32N2OSi2/c37-29-21-25-35(26-22-29)40(31-13-5-1-6-14-31,32-15-7-2-8-16-32)39-41(33-17-9-3-10-18-33,34-19-11-4-12-20-34)36-27-23-30(38)24-28-36/h1-28H,37-38H2. The van der Waals surface area contributed by atoms with E-state index in [0.29, 0.717) is 0 Å². The molecule has 0 atom stereocenters. The van der Waals surface area contributed by atoms with Crippen LogP contribution in [-0.4, -0.2) is 16.6 Å². The smallest absolute Gasteiger partial charge is 0.278 e. The highest BCUT2D eigenvalue weighted by atomic mass is 28.4. The van der Waals surface area contributed by atoms with Gasteiger partial charge >= 0.3 is 0 Å². The number of benzene rings is 6. The summed E-state index contributed by atoms with van der Waals surface area (Å²) in [6.45, 7) is 0. The molecule has 0 aliphatic rings. The van der Waals surface area contributed by atoms with Gasteiger partial charge in [-0.05, 0) is 55.4 Å². The third-order valence-electron chi connectivity index (χ3n) is 7.66. The Bertz CT molecular complexity index is 1490. The number of hydrogen-bond acceptors (Lipinski definition) is 3. The topological polar surface area (TPSA) is 61.3 Å². The van der Waals surface area contributed by atoms with Crippen LogP contribution in [0.25, 0.3) is 0 Å². The molecule has 6 aromatic rings. The molecule has 6 rings (SSSR count). The van der Waals surface area contributed by atoms with Crippen molar-refractivity contribution >= 4 is 59.1 Å². The number of nitrogens with two attached hydrogens (primary N) is 2. The van der Waals surface area contributed by atoms with Crippen molar-refractivity contribution in [3.63, 3.8) is 0 Å². The van der Waals surface area contributed by atoms with E-state index in [2.05, 4.69) is 146 Å². The second kappa shape index (κ2) is 11.4. The van der Waals surface area contributed by atoms with Crippen LogP contribution >= 0.6 is 0 Å². The first-order chi connectivity index (χ1) is 20.1. The number of hydrogen-bond donors (Lipinski definition) is 2. The lowest BCUT2D eigenvalue weighted by Crippen LogP contribution is -2.81. The van der Waals surface area contributed by atoms with E-state index in [0.717, 1.165) is 21.7 Å². The fourth-order valence-electron chi connectivity index (χ4n) is 5.71. The van der Waals surface area contributed by atoms with Gasteiger partial charge in [0.05, 0.1) is 0 Å². The van der Waals surface area contributed by atoms with Gasteiger partial charge in [0, 0.05) is 11.4 Å². The molecule has 0 aromatic heterocycles. The normalized spacial score (nSPS) is 11.7. The minimum Gasteiger partial charge on any atom is -0.435 e. The molecule has 0 fully saturated rings. The summed E-state index contributed by atoms with van der Waals surface area (Å²) in [5.41, 5.74) is 13.9. The maximum atomic E-state index is 8.22. The third kappa shape index (κ3) is 4.91. The van der Waals surface area contributed by atoms with Gasteiger partial charge in [-0.25, -0.2) is 0 Å². The minimum absolute atomic E-state index is 0.728. The highest BCUT2D eigenvalue weighted by Gasteiger charge is 2.52. The lowest BCUT2D eigenvalue weighted by atomic mass is 10.3. The zero-order valence-electron chi connectivity index (χ0n) is 22.7. The molecule has 0 spiro atoms. The Kier molecular flexibility index (Phi) is 7.40. The molecule has 6 aromatic carbocycles. The predicted octanol–water partition coefficient (Wildman–Crippen LogP) is 3.50. The highest BCUT2D eigenvalue weighted by Crippen LogP contribution is 2.20. The molecule has 4 N–H and O–H groups in total. The molecule has 200 valence electrons. The SMILES string of the molecule is Nc1ccc([Si](O[Si](c2ccccc2)(c2ccccc2)c2ccc(N)cc2)(c2ccccc2)c2ccccc2)cc1. The molecule has 0 saturated carbocycles. The maximum absolute atomic E-state index is 8.22. The van der Waals surface area contributed by atoms with Crippen molar-refractivity contribution in [3.8, 4) is 0 Å². The summed E-state index contributed by atoms with van der Waals surface area (Å²) >= 11 is 0. The van der Waals surface area contributed by atoms with Crippen LogP contribution in [0, 0.1) is 0 Å². The first kappa shape index (κ1) is 26.5. The van der Waals surface area contributed by atoms with Crippen LogP contribution in [0.2, 0.25) is 0 Å². The molecular weight excluding hydrogens is 533 g/mol. The minimum atomic E-state index is -3.17. The van der Waals surface area contributed by atoms with Crippen LogP contribution in [0.5, 0.6) is 0 Å². The lowest BCUT2D eigenvalue weighted by Gasteiger charge is -2.44. The van der Waals surface area contributed by atoms with E-state index in [1.807, 2.05) is 24.3 Å². The summed E-state index contributed by atoms with van der Waals surface area (Å²) in [6.07, 6.45) is 0. The molecule has 41 heavy (non-hydrogen) atoms. The summed E-state index contributed by atoms with van der Waals surface area (Å²) in [7, 11) is -6.34. The van der Waals surface area contributed by atoms with Crippen molar-refractivity contribution in [2.24, 2.45) is 0 Å². The van der Waals surface area contributed by atoms with E-state index in [9.17, 15) is 0 Å². The fourth-order valence-corrected chi connectivity index (χ4v) is 16.3. The zero-order valence-corrected chi connectivity index (χ0v) is 24.7. The number of nitrogen functional groups attached to an aromatic ring is 2. The number of anilines is 2. The van der Waals surface area contributed by atoms with Gasteiger partial charge in [-0.2, -0.15) is 0 Å². The third-order valence-corrected chi connectivity index (χ3v) is 17.0. The van der Waals surface area contributed by atoms with Gasteiger partial charge in [-0.15, -0.1) is 0 Å². The Morgan fingerprint density at radius 2 is 0.512 bits per heavy atom. The Labute approximate surface area is 244 Å². The molecule has 0 unspecified atom stereocenters. The van der Waals surface area contributed by atoms with Gasteiger partial charge in [-0.3, -0.25) is 0 Å². The molecule has 0 bridgehead atoms. The fraction of sp³-hybridized carbons (Fsp3) is 0. The second-order valence-corrected chi connectivity index (χ2v) is 17.2. The second-order valence-electron chi connectivity index (χ2n) is 10.2. The molecule has 0 radical (unpaired) electrons. The van der Waals surface area contributed by atoms with Gasteiger partial charge < -0.3 is 15.6 Å². The van der Waals surface area contributed by atoms with Crippen LogP contribution in [-0.2, 0) is 4.12 Å². The van der Waals surface area contributed by atoms with Crippen molar-refractivity contribution in [2.45, 2.75) is 0 Å². The van der Waals surface area contributed by atoms with Crippen LogP contribution in [0.4, 0.5) is 11.4 Å². The molecule has 5 heteroatoms. The molecule has 0 heterocycles. The Morgan fingerprint density at radius 1 is 0.293 bits per heavy atom. The van der Waals surface area contributed by atoms with Gasteiger partial charge in [0.15, 0.2) is 0 Å².